The van der Waals surface area contributed by atoms with Gasteiger partial charge >= 0.3 is 0 Å². The summed E-state index contributed by atoms with van der Waals surface area (Å²) < 4.78 is 0. The van der Waals surface area contributed by atoms with Crippen molar-refractivity contribution in [2.24, 2.45) is 0 Å². The number of nitro groups is 1. The van der Waals surface area contributed by atoms with E-state index in [1.165, 1.54) is 29.5 Å². The molecule has 1 heterocycles. The van der Waals surface area contributed by atoms with Crippen molar-refractivity contribution < 1.29 is 14.5 Å². The summed E-state index contributed by atoms with van der Waals surface area (Å²) in [5.41, 5.74) is 0.423. The van der Waals surface area contributed by atoms with E-state index in [9.17, 15) is 19.7 Å². The molecule has 0 fully saturated rings. The van der Waals surface area contributed by atoms with E-state index in [0.717, 1.165) is 5.01 Å². The first-order valence-electron chi connectivity index (χ1n) is 7.44. The molecule has 2 amide bonds. The molecule has 0 atom stereocenters. The number of nitro benzene ring substituents is 1. The van der Waals surface area contributed by atoms with Gasteiger partial charge in [0.2, 0.25) is 11.0 Å². The summed E-state index contributed by atoms with van der Waals surface area (Å²) in [6.07, 6.45) is 0. The highest BCUT2D eigenvalue weighted by Crippen LogP contribution is 2.22. The zero-order chi connectivity index (χ0) is 18.6. The summed E-state index contributed by atoms with van der Waals surface area (Å²) in [7, 11) is 0. The molecule has 0 radical (unpaired) electrons. The average Bonchev–Trinajstić information content (AvgIpc) is 3.01. The third-order valence-electron chi connectivity index (χ3n) is 3.26. The third-order valence-corrected chi connectivity index (χ3v) is 4.40. The van der Waals surface area contributed by atoms with Crippen LogP contribution in [-0.2, 0) is 4.79 Å². The Morgan fingerprint density at radius 1 is 1.32 bits per heavy atom. The fourth-order valence-corrected chi connectivity index (χ4v) is 2.65. The molecule has 0 saturated heterocycles. The Morgan fingerprint density at radius 3 is 2.64 bits per heavy atom. The number of hydrogen-bond donors (Lipinski definition) is 2. The Labute approximate surface area is 147 Å². The Bertz CT molecular complexity index is 818. The van der Waals surface area contributed by atoms with E-state index in [4.69, 9.17) is 0 Å². The molecule has 2 aromatic rings. The molecular formula is C15H17N5O4S. The van der Waals surface area contributed by atoms with Crippen molar-refractivity contribution in [1.82, 2.24) is 15.5 Å². The van der Waals surface area contributed by atoms with Gasteiger partial charge in [-0.25, -0.2) is 0 Å². The Kier molecular flexibility index (Phi) is 5.75. The van der Waals surface area contributed by atoms with Gasteiger partial charge in [0.1, 0.15) is 5.01 Å². The van der Waals surface area contributed by atoms with Gasteiger partial charge in [0.15, 0.2) is 0 Å². The lowest BCUT2D eigenvalue weighted by Gasteiger charge is -2.06. The van der Waals surface area contributed by atoms with Gasteiger partial charge in [-0.2, -0.15) is 0 Å². The lowest BCUT2D eigenvalue weighted by Crippen LogP contribution is -2.32. The normalized spacial score (nSPS) is 10.6. The van der Waals surface area contributed by atoms with Crippen molar-refractivity contribution >= 4 is 34.0 Å². The van der Waals surface area contributed by atoms with Crippen molar-refractivity contribution in [1.29, 1.82) is 0 Å². The molecule has 2 N–H and O–H groups in total. The topological polar surface area (TPSA) is 127 Å². The van der Waals surface area contributed by atoms with Gasteiger partial charge in [0.05, 0.1) is 11.5 Å². The minimum Gasteiger partial charge on any atom is -0.343 e. The van der Waals surface area contributed by atoms with Crippen molar-refractivity contribution in [3.63, 3.8) is 0 Å². The van der Waals surface area contributed by atoms with Gasteiger partial charge in [-0.15, -0.1) is 10.2 Å². The molecule has 0 saturated carbocycles. The number of carbonyl (C=O) groups excluding carboxylic acids is 2. The number of hydrogen-bond acceptors (Lipinski definition) is 7. The maximum absolute atomic E-state index is 12.0. The summed E-state index contributed by atoms with van der Waals surface area (Å²) in [6, 6.07) is 4.14. The zero-order valence-electron chi connectivity index (χ0n) is 13.9. The number of nitrogens with zero attached hydrogens (tertiary/aromatic N) is 3. The quantitative estimate of drug-likeness (QED) is 0.598. The maximum atomic E-state index is 12.0. The fourth-order valence-electron chi connectivity index (χ4n) is 1.89. The van der Waals surface area contributed by atoms with Crippen LogP contribution in [0.2, 0.25) is 0 Å². The van der Waals surface area contributed by atoms with E-state index in [1.807, 2.05) is 13.8 Å². The van der Waals surface area contributed by atoms with Gasteiger partial charge in [-0.3, -0.25) is 25.0 Å². The van der Waals surface area contributed by atoms with Crippen LogP contribution >= 0.6 is 11.3 Å². The number of nitrogens with one attached hydrogen (secondary N) is 2. The van der Waals surface area contributed by atoms with Crippen LogP contribution < -0.4 is 10.6 Å². The minimum atomic E-state index is -0.571. The van der Waals surface area contributed by atoms with E-state index in [1.54, 1.807) is 6.92 Å². The summed E-state index contributed by atoms with van der Waals surface area (Å²) in [4.78, 5) is 34.3. The first-order chi connectivity index (χ1) is 11.8. The molecule has 10 heteroatoms. The van der Waals surface area contributed by atoms with Gasteiger partial charge in [0.25, 0.3) is 11.6 Å². The van der Waals surface area contributed by atoms with Gasteiger partial charge in [-0.05, 0) is 13.0 Å². The minimum absolute atomic E-state index is 0.114. The van der Waals surface area contributed by atoms with Crippen LogP contribution in [0.4, 0.5) is 10.8 Å². The third kappa shape index (κ3) is 4.80. The summed E-state index contributed by atoms with van der Waals surface area (Å²) >= 11 is 1.26. The number of amides is 2. The molecule has 2 rings (SSSR count). The van der Waals surface area contributed by atoms with E-state index < -0.39 is 16.7 Å². The molecular weight excluding hydrogens is 346 g/mol. The van der Waals surface area contributed by atoms with Gasteiger partial charge in [0, 0.05) is 23.1 Å². The molecule has 1 aromatic heterocycles. The largest absolute Gasteiger partial charge is 0.343 e. The van der Waals surface area contributed by atoms with Crippen LogP contribution in [0.3, 0.4) is 0 Å². The van der Waals surface area contributed by atoms with Crippen LogP contribution in [-0.4, -0.2) is 33.5 Å². The van der Waals surface area contributed by atoms with Crippen molar-refractivity contribution in [3.05, 3.63) is 44.4 Å². The maximum Gasteiger partial charge on any atom is 0.273 e. The number of anilines is 1. The molecule has 132 valence electrons. The monoisotopic (exact) mass is 363 g/mol. The highest BCUT2D eigenvalue weighted by atomic mass is 32.1. The zero-order valence-corrected chi connectivity index (χ0v) is 14.7. The van der Waals surface area contributed by atoms with E-state index in [2.05, 4.69) is 20.8 Å². The van der Waals surface area contributed by atoms with Crippen molar-refractivity contribution in [2.75, 3.05) is 11.9 Å². The number of aromatic nitrogens is 2. The van der Waals surface area contributed by atoms with Crippen LogP contribution in [0.25, 0.3) is 0 Å². The highest BCUT2D eigenvalue weighted by molar-refractivity contribution is 7.15. The number of carbonyl (C=O) groups is 2. The van der Waals surface area contributed by atoms with Crippen LogP contribution in [0.5, 0.6) is 0 Å². The molecule has 25 heavy (non-hydrogen) atoms. The first-order valence-corrected chi connectivity index (χ1v) is 8.26. The Morgan fingerprint density at radius 2 is 2.04 bits per heavy atom. The fraction of sp³-hybridized carbons (Fsp3) is 0.333. The van der Waals surface area contributed by atoms with E-state index in [0.29, 0.717) is 10.7 Å². The lowest BCUT2D eigenvalue weighted by atomic mass is 10.1. The predicted octanol–water partition coefficient (Wildman–Crippen LogP) is 2.25. The van der Waals surface area contributed by atoms with E-state index >= 15 is 0 Å². The predicted molar refractivity (Wildman–Crippen MR) is 92.8 cm³/mol. The SMILES string of the molecule is Cc1ccc(C(=O)NCC(=O)Nc2nnc(C(C)C)s2)cc1[N+](=O)[O-]. The molecule has 0 aliphatic heterocycles. The van der Waals surface area contributed by atoms with Crippen LogP contribution in [0.1, 0.15) is 40.7 Å². The summed E-state index contributed by atoms with van der Waals surface area (Å²) in [5.74, 6) is -0.819. The van der Waals surface area contributed by atoms with Crippen LogP contribution in [0, 0.1) is 17.0 Å². The summed E-state index contributed by atoms with van der Waals surface area (Å²) in [5, 5.41) is 24.8. The number of rotatable bonds is 6. The van der Waals surface area contributed by atoms with Crippen LogP contribution in [0.15, 0.2) is 18.2 Å². The Hall–Kier alpha value is -2.88. The molecule has 0 aliphatic rings. The standard InChI is InChI=1S/C15H17N5O4S/c1-8(2)14-18-19-15(25-14)17-12(21)7-16-13(22)10-5-4-9(3)11(6-10)20(23)24/h4-6,8H,7H2,1-3H3,(H,16,22)(H,17,19,21). The molecule has 0 aliphatic carbocycles. The average molecular weight is 363 g/mol. The molecule has 0 unspecified atom stereocenters. The summed E-state index contributed by atoms with van der Waals surface area (Å²) in [6.45, 7) is 5.23. The molecule has 0 bridgehead atoms. The molecule has 1 aromatic carbocycles. The number of aryl methyl sites for hydroxylation is 1. The lowest BCUT2D eigenvalue weighted by molar-refractivity contribution is -0.385. The number of benzene rings is 1. The molecule has 0 spiro atoms. The Balaban J connectivity index is 1.94. The second-order valence-corrected chi connectivity index (χ2v) is 6.60. The smallest absolute Gasteiger partial charge is 0.273 e. The van der Waals surface area contributed by atoms with Crippen molar-refractivity contribution in [3.8, 4) is 0 Å². The second kappa shape index (κ2) is 7.79. The van der Waals surface area contributed by atoms with Gasteiger partial charge < -0.3 is 5.32 Å². The van der Waals surface area contributed by atoms with Crippen molar-refractivity contribution in [2.45, 2.75) is 26.7 Å². The first kappa shape index (κ1) is 18.5. The second-order valence-electron chi connectivity index (χ2n) is 5.59. The molecule has 9 nitrogen and oxygen atoms in total. The van der Waals surface area contributed by atoms with Gasteiger partial charge in [-0.1, -0.05) is 31.3 Å². The highest BCUT2D eigenvalue weighted by Gasteiger charge is 2.16. The van der Waals surface area contributed by atoms with E-state index in [-0.39, 0.29) is 23.7 Å².